The normalized spacial score (nSPS) is 15.1. The van der Waals surface area contributed by atoms with Gasteiger partial charge in [0.2, 0.25) is 11.5 Å². The highest BCUT2D eigenvalue weighted by molar-refractivity contribution is 6.01. The average Bonchev–Trinajstić information content (AvgIpc) is 3.20. The standard InChI is InChI=1S/C26H24F4N4O3/c1-24(2,31)17-11-20(14-3-6-18(27)7-4-14)33-21(12-17)25(37,26(28,29)30)13-32-23(36)15-5-8-19-16(9-15)10-22(35)34-19/h3-9,11-12,37H,10,13,31H2,1-2H3,(H,32,36)(H,34,35). The lowest BCUT2D eigenvalue weighted by Crippen LogP contribution is -2.51. The Bertz CT molecular complexity index is 1370. The highest BCUT2D eigenvalue weighted by Crippen LogP contribution is 2.40. The van der Waals surface area contributed by atoms with Crippen LogP contribution in [0.25, 0.3) is 11.3 Å². The summed E-state index contributed by atoms with van der Waals surface area (Å²) in [6, 6.07) is 11.7. The molecule has 1 unspecified atom stereocenters. The van der Waals surface area contributed by atoms with Gasteiger partial charge in [0.25, 0.3) is 5.91 Å². The number of aliphatic hydroxyl groups is 1. The van der Waals surface area contributed by atoms with Crippen molar-refractivity contribution in [1.29, 1.82) is 0 Å². The molecule has 37 heavy (non-hydrogen) atoms. The molecule has 3 aromatic rings. The van der Waals surface area contributed by atoms with E-state index in [1.54, 1.807) is 13.8 Å². The molecular weight excluding hydrogens is 492 g/mol. The van der Waals surface area contributed by atoms with Gasteiger partial charge < -0.3 is 21.5 Å². The second-order valence-corrected chi connectivity index (χ2v) is 9.49. The van der Waals surface area contributed by atoms with E-state index < -0.39 is 41.3 Å². The number of pyridine rings is 1. The number of anilines is 1. The van der Waals surface area contributed by atoms with E-state index in [2.05, 4.69) is 15.6 Å². The number of hydrogen-bond donors (Lipinski definition) is 4. The van der Waals surface area contributed by atoms with Gasteiger partial charge >= 0.3 is 6.18 Å². The van der Waals surface area contributed by atoms with E-state index in [1.807, 2.05) is 0 Å². The maximum Gasteiger partial charge on any atom is 0.424 e. The molecule has 1 aromatic heterocycles. The number of rotatable bonds is 6. The molecule has 1 atom stereocenters. The van der Waals surface area contributed by atoms with Crippen molar-refractivity contribution in [3.8, 4) is 11.3 Å². The molecule has 2 heterocycles. The SMILES string of the molecule is CC(C)(N)c1cc(-c2ccc(F)cc2)nc(C(O)(CNC(=O)c2ccc3c(c2)CC(=O)N3)C(F)(F)F)c1. The number of nitrogens with zero attached hydrogens (tertiary/aromatic N) is 1. The van der Waals surface area contributed by atoms with Gasteiger partial charge in [0.05, 0.1) is 24.4 Å². The summed E-state index contributed by atoms with van der Waals surface area (Å²) in [6.07, 6.45) is -5.19. The third-order valence-corrected chi connectivity index (χ3v) is 6.10. The molecular formula is C26H24F4N4O3. The fraction of sp³-hybridized carbons (Fsp3) is 0.269. The van der Waals surface area contributed by atoms with Gasteiger partial charge in [0.1, 0.15) is 5.82 Å². The van der Waals surface area contributed by atoms with Gasteiger partial charge in [0.15, 0.2) is 0 Å². The van der Waals surface area contributed by atoms with E-state index in [0.717, 1.165) is 18.2 Å². The number of aromatic nitrogens is 1. The van der Waals surface area contributed by atoms with Gasteiger partial charge in [-0.2, -0.15) is 13.2 Å². The molecule has 0 aliphatic carbocycles. The zero-order valence-corrected chi connectivity index (χ0v) is 19.9. The molecule has 4 rings (SSSR count). The Morgan fingerprint density at radius 3 is 2.41 bits per heavy atom. The Hall–Kier alpha value is -3.83. The van der Waals surface area contributed by atoms with Crippen LogP contribution < -0.4 is 16.4 Å². The van der Waals surface area contributed by atoms with E-state index >= 15 is 0 Å². The van der Waals surface area contributed by atoms with E-state index in [9.17, 15) is 32.3 Å². The first-order valence-electron chi connectivity index (χ1n) is 11.3. The minimum Gasteiger partial charge on any atom is -0.374 e. The lowest BCUT2D eigenvalue weighted by Gasteiger charge is -2.32. The van der Waals surface area contributed by atoms with Crippen LogP contribution >= 0.6 is 0 Å². The van der Waals surface area contributed by atoms with Crippen LogP contribution in [0.5, 0.6) is 0 Å². The smallest absolute Gasteiger partial charge is 0.374 e. The van der Waals surface area contributed by atoms with E-state index in [4.69, 9.17) is 5.73 Å². The number of carbonyl (C=O) groups is 2. The number of carbonyl (C=O) groups excluding carboxylic acids is 2. The molecule has 11 heteroatoms. The molecule has 0 saturated heterocycles. The van der Waals surface area contributed by atoms with Crippen LogP contribution in [0.1, 0.15) is 41.0 Å². The topological polar surface area (TPSA) is 117 Å². The number of benzene rings is 2. The number of fused-ring (bicyclic) bond motifs is 1. The average molecular weight is 516 g/mol. The zero-order valence-electron chi connectivity index (χ0n) is 19.9. The van der Waals surface area contributed by atoms with Crippen LogP contribution in [0.2, 0.25) is 0 Å². The van der Waals surface area contributed by atoms with E-state index in [0.29, 0.717) is 16.8 Å². The van der Waals surface area contributed by atoms with E-state index in [-0.39, 0.29) is 29.1 Å². The molecule has 194 valence electrons. The van der Waals surface area contributed by atoms with Crippen molar-refractivity contribution in [2.45, 2.75) is 37.6 Å². The van der Waals surface area contributed by atoms with Crippen LogP contribution in [0.3, 0.4) is 0 Å². The minimum atomic E-state index is -5.24. The Morgan fingerprint density at radius 2 is 1.78 bits per heavy atom. The first kappa shape index (κ1) is 26.2. The minimum absolute atomic E-state index is 0.0246. The lowest BCUT2D eigenvalue weighted by molar-refractivity contribution is -0.265. The monoisotopic (exact) mass is 516 g/mol. The predicted octanol–water partition coefficient (Wildman–Crippen LogP) is 3.76. The Kier molecular flexibility index (Phi) is 6.55. The number of amides is 2. The third-order valence-electron chi connectivity index (χ3n) is 6.10. The molecule has 7 nitrogen and oxygen atoms in total. The molecule has 1 aliphatic rings. The molecule has 5 N–H and O–H groups in total. The van der Waals surface area contributed by atoms with Crippen molar-refractivity contribution >= 4 is 17.5 Å². The van der Waals surface area contributed by atoms with Crippen LogP contribution in [-0.2, 0) is 22.4 Å². The van der Waals surface area contributed by atoms with Crippen LogP contribution in [-0.4, -0.2) is 34.6 Å². The lowest BCUT2D eigenvalue weighted by atomic mass is 9.89. The van der Waals surface area contributed by atoms with Gasteiger partial charge in [-0.25, -0.2) is 9.37 Å². The molecule has 0 saturated carbocycles. The molecule has 2 aromatic carbocycles. The third kappa shape index (κ3) is 5.32. The van der Waals surface area contributed by atoms with Crippen molar-refractivity contribution in [3.63, 3.8) is 0 Å². The van der Waals surface area contributed by atoms with Gasteiger partial charge in [-0.3, -0.25) is 9.59 Å². The maximum atomic E-state index is 14.3. The first-order valence-corrected chi connectivity index (χ1v) is 11.3. The summed E-state index contributed by atoms with van der Waals surface area (Å²) in [5.41, 5.74) is 2.35. The number of hydrogen-bond acceptors (Lipinski definition) is 5. The first-order chi connectivity index (χ1) is 17.2. The molecule has 0 spiro atoms. The highest BCUT2D eigenvalue weighted by atomic mass is 19.4. The van der Waals surface area contributed by atoms with Crippen LogP contribution in [0.15, 0.2) is 54.6 Å². The second-order valence-electron chi connectivity index (χ2n) is 9.49. The molecule has 1 aliphatic heterocycles. The van der Waals surface area contributed by atoms with Crippen molar-refractivity contribution in [2.24, 2.45) is 5.73 Å². The van der Waals surface area contributed by atoms with Gasteiger partial charge in [0, 0.05) is 22.4 Å². The summed E-state index contributed by atoms with van der Waals surface area (Å²) < 4.78 is 56.4. The predicted molar refractivity (Wildman–Crippen MR) is 128 cm³/mol. The fourth-order valence-corrected chi connectivity index (χ4v) is 3.90. The number of nitrogens with two attached hydrogens (primary N) is 1. The second kappa shape index (κ2) is 9.24. The summed E-state index contributed by atoms with van der Waals surface area (Å²) in [5, 5.41) is 15.7. The summed E-state index contributed by atoms with van der Waals surface area (Å²) in [5.74, 6) is -1.68. The van der Waals surface area contributed by atoms with Crippen molar-refractivity contribution in [3.05, 3.63) is 82.8 Å². The number of halogens is 4. The maximum absolute atomic E-state index is 14.3. The van der Waals surface area contributed by atoms with E-state index in [1.165, 1.54) is 36.4 Å². The fourth-order valence-electron chi connectivity index (χ4n) is 3.90. The molecule has 2 amide bonds. The number of nitrogens with one attached hydrogen (secondary N) is 2. The molecule has 0 fully saturated rings. The van der Waals surface area contributed by atoms with Crippen LogP contribution in [0, 0.1) is 5.82 Å². The molecule has 0 bridgehead atoms. The largest absolute Gasteiger partial charge is 0.424 e. The van der Waals surface area contributed by atoms with Gasteiger partial charge in [-0.15, -0.1) is 0 Å². The number of alkyl halides is 3. The van der Waals surface area contributed by atoms with Gasteiger partial charge in [-0.1, -0.05) is 0 Å². The van der Waals surface area contributed by atoms with Gasteiger partial charge in [-0.05, 0) is 79.6 Å². The van der Waals surface area contributed by atoms with Crippen molar-refractivity contribution < 1.29 is 32.3 Å². The summed E-state index contributed by atoms with van der Waals surface area (Å²) >= 11 is 0. The Labute approximate surface area is 209 Å². The summed E-state index contributed by atoms with van der Waals surface area (Å²) in [4.78, 5) is 28.3. The van der Waals surface area contributed by atoms with Crippen molar-refractivity contribution in [2.75, 3.05) is 11.9 Å². The zero-order chi connectivity index (χ0) is 27.2. The highest BCUT2D eigenvalue weighted by Gasteiger charge is 2.56. The summed E-state index contributed by atoms with van der Waals surface area (Å²) in [7, 11) is 0. The Morgan fingerprint density at radius 1 is 1.11 bits per heavy atom. The van der Waals surface area contributed by atoms with Crippen LogP contribution in [0.4, 0.5) is 23.2 Å². The quantitative estimate of drug-likeness (QED) is 0.373. The molecule has 0 radical (unpaired) electrons. The Balaban J connectivity index is 1.71. The summed E-state index contributed by atoms with van der Waals surface area (Å²) in [6.45, 7) is 1.90. The van der Waals surface area contributed by atoms with Crippen molar-refractivity contribution in [1.82, 2.24) is 10.3 Å².